The first-order valence-electron chi connectivity index (χ1n) is 8.34. The molecule has 3 nitrogen and oxygen atoms in total. The molecule has 0 radical (unpaired) electrons. The van der Waals surface area contributed by atoms with Crippen molar-refractivity contribution in [2.75, 3.05) is 6.61 Å². The van der Waals surface area contributed by atoms with Crippen molar-refractivity contribution in [2.24, 2.45) is 0 Å². The average Bonchev–Trinajstić information content (AvgIpc) is 2.75. The molecule has 0 spiro atoms. The Balaban J connectivity index is 1.83. The zero-order valence-corrected chi connectivity index (χ0v) is 13.9. The molecule has 0 aromatic heterocycles. The molecule has 2 aromatic rings. The quantitative estimate of drug-likeness (QED) is 0.902. The van der Waals surface area contributed by atoms with E-state index in [0.717, 1.165) is 42.9 Å². The van der Waals surface area contributed by atoms with Crippen LogP contribution in [0.3, 0.4) is 0 Å². The Hall–Kier alpha value is -1.84. The van der Waals surface area contributed by atoms with Crippen molar-refractivity contribution >= 4 is 0 Å². The van der Waals surface area contributed by atoms with Gasteiger partial charge in [0.2, 0.25) is 0 Å². The average molecular weight is 311 g/mol. The predicted octanol–water partition coefficient (Wildman–Crippen LogP) is 3.80. The van der Waals surface area contributed by atoms with E-state index in [1.54, 1.807) is 0 Å². The Bertz CT molecular complexity index is 681. The van der Waals surface area contributed by atoms with Crippen LogP contribution in [-0.4, -0.2) is 11.7 Å². The maximum absolute atomic E-state index is 9.48. The number of aliphatic hydroxyl groups is 1. The molecular weight excluding hydrogens is 286 g/mol. The van der Waals surface area contributed by atoms with Gasteiger partial charge in [0, 0.05) is 18.2 Å². The topological polar surface area (TPSA) is 41.5 Å². The van der Waals surface area contributed by atoms with E-state index in [1.165, 1.54) is 16.7 Å². The number of rotatable bonds is 4. The van der Waals surface area contributed by atoms with Crippen molar-refractivity contribution in [2.45, 2.75) is 45.9 Å². The highest BCUT2D eigenvalue weighted by atomic mass is 16.5. The number of ether oxygens (including phenoxy) is 1. The summed E-state index contributed by atoms with van der Waals surface area (Å²) in [6.07, 6.45) is 2.11. The van der Waals surface area contributed by atoms with Crippen molar-refractivity contribution in [3.8, 4) is 5.75 Å². The molecule has 2 N–H and O–H groups in total. The van der Waals surface area contributed by atoms with Gasteiger partial charge in [0.15, 0.2) is 0 Å². The molecule has 0 saturated carbocycles. The normalized spacial score (nSPS) is 17.3. The third-order valence-electron chi connectivity index (χ3n) is 4.53. The second kappa shape index (κ2) is 7.16. The Morgan fingerprint density at radius 3 is 2.74 bits per heavy atom. The first-order valence-corrected chi connectivity index (χ1v) is 8.34. The lowest BCUT2D eigenvalue weighted by Crippen LogP contribution is -2.21. The number of aliphatic hydroxyl groups excluding tert-OH is 1. The van der Waals surface area contributed by atoms with Gasteiger partial charge in [-0.15, -0.1) is 0 Å². The minimum atomic E-state index is 0.0838. The van der Waals surface area contributed by atoms with Crippen molar-refractivity contribution in [1.29, 1.82) is 0 Å². The fourth-order valence-electron chi connectivity index (χ4n) is 3.39. The lowest BCUT2D eigenvalue weighted by atomic mass is 9.97. The van der Waals surface area contributed by atoms with Gasteiger partial charge >= 0.3 is 0 Å². The first-order chi connectivity index (χ1) is 11.2. The fraction of sp³-hybridized carbons (Fsp3) is 0.400. The van der Waals surface area contributed by atoms with E-state index in [-0.39, 0.29) is 12.6 Å². The molecule has 122 valence electrons. The molecule has 1 unspecified atom stereocenters. The molecule has 1 atom stereocenters. The Morgan fingerprint density at radius 2 is 1.96 bits per heavy atom. The summed E-state index contributed by atoms with van der Waals surface area (Å²) in [6.45, 7) is 5.88. The lowest BCUT2D eigenvalue weighted by molar-refractivity contribution is 0.280. The minimum Gasteiger partial charge on any atom is -0.493 e. The molecule has 2 aromatic carbocycles. The molecule has 0 amide bonds. The predicted molar refractivity (Wildman–Crippen MR) is 92.6 cm³/mol. The van der Waals surface area contributed by atoms with E-state index in [9.17, 15) is 5.11 Å². The van der Waals surface area contributed by atoms with Gasteiger partial charge in [-0.05, 0) is 43.4 Å². The van der Waals surface area contributed by atoms with Crippen molar-refractivity contribution < 1.29 is 9.84 Å². The second-order valence-electron chi connectivity index (χ2n) is 6.35. The van der Waals surface area contributed by atoms with Gasteiger partial charge in [0.05, 0.1) is 13.2 Å². The number of benzene rings is 2. The summed E-state index contributed by atoms with van der Waals surface area (Å²) in [5.41, 5.74) is 5.90. The van der Waals surface area contributed by atoms with Gasteiger partial charge in [-0.1, -0.05) is 42.0 Å². The monoisotopic (exact) mass is 311 g/mol. The number of aryl methyl sites for hydroxylation is 2. The lowest BCUT2D eigenvalue weighted by Gasteiger charge is -2.21. The molecule has 1 heterocycles. The molecule has 1 aliphatic heterocycles. The van der Waals surface area contributed by atoms with Crippen LogP contribution in [0.25, 0.3) is 0 Å². The van der Waals surface area contributed by atoms with Crippen LogP contribution in [0, 0.1) is 13.8 Å². The zero-order chi connectivity index (χ0) is 16.2. The Labute approximate surface area is 138 Å². The van der Waals surface area contributed by atoms with Gasteiger partial charge in [-0.2, -0.15) is 0 Å². The van der Waals surface area contributed by atoms with Crippen molar-refractivity contribution in [1.82, 2.24) is 5.32 Å². The van der Waals surface area contributed by atoms with Crippen LogP contribution in [0.4, 0.5) is 0 Å². The molecule has 0 saturated heterocycles. The maximum Gasteiger partial charge on any atom is 0.126 e. The number of nitrogens with one attached hydrogen (secondary N) is 1. The number of hydrogen-bond donors (Lipinski definition) is 2. The van der Waals surface area contributed by atoms with Crippen LogP contribution >= 0.6 is 0 Å². The van der Waals surface area contributed by atoms with E-state index in [0.29, 0.717) is 0 Å². The van der Waals surface area contributed by atoms with E-state index < -0.39 is 0 Å². The smallest absolute Gasteiger partial charge is 0.126 e. The molecule has 1 aliphatic rings. The van der Waals surface area contributed by atoms with E-state index in [4.69, 9.17) is 4.74 Å². The molecular formula is C20H25NO2. The third kappa shape index (κ3) is 3.57. The number of fused-ring (bicyclic) bond motifs is 1. The van der Waals surface area contributed by atoms with Crippen LogP contribution in [0.1, 0.15) is 46.7 Å². The third-order valence-corrected chi connectivity index (χ3v) is 4.53. The van der Waals surface area contributed by atoms with Crippen LogP contribution in [-0.2, 0) is 13.2 Å². The Kier molecular flexibility index (Phi) is 4.99. The minimum absolute atomic E-state index is 0.0838. The van der Waals surface area contributed by atoms with Gasteiger partial charge in [-0.3, -0.25) is 0 Å². The zero-order valence-electron chi connectivity index (χ0n) is 13.9. The van der Waals surface area contributed by atoms with Gasteiger partial charge in [0.1, 0.15) is 5.75 Å². The summed E-state index contributed by atoms with van der Waals surface area (Å²) in [4.78, 5) is 0. The molecule has 0 aliphatic carbocycles. The molecule has 3 rings (SSSR count). The van der Waals surface area contributed by atoms with Crippen LogP contribution in [0.5, 0.6) is 5.75 Å². The van der Waals surface area contributed by atoms with Crippen LogP contribution in [0.15, 0.2) is 36.4 Å². The number of hydrogen-bond acceptors (Lipinski definition) is 3. The molecule has 0 bridgehead atoms. The summed E-state index contributed by atoms with van der Waals surface area (Å²) in [6, 6.07) is 12.8. The fourth-order valence-corrected chi connectivity index (χ4v) is 3.39. The highest BCUT2D eigenvalue weighted by Gasteiger charge is 2.21. The summed E-state index contributed by atoms with van der Waals surface area (Å²) in [5.74, 6) is 1.04. The molecule has 23 heavy (non-hydrogen) atoms. The van der Waals surface area contributed by atoms with Gasteiger partial charge in [-0.25, -0.2) is 0 Å². The largest absolute Gasteiger partial charge is 0.493 e. The second-order valence-corrected chi connectivity index (χ2v) is 6.35. The van der Waals surface area contributed by atoms with Gasteiger partial charge in [0.25, 0.3) is 0 Å². The van der Waals surface area contributed by atoms with Crippen LogP contribution < -0.4 is 10.1 Å². The first kappa shape index (κ1) is 16.0. The molecule has 0 fully saturated rings. The summed E-state index contributed by atoms with van der Waals surface area (Å²) >= 11 is 0. The van der Waals surface area contributed by atoms with Crippen molar-refractivity contribution in [3.05, 3.63) is 64.2 Å². The Morgan fingerprint density at radius 1 is 1.17 bits per heavy atom. The van der Waals surface area contributed by atoms with Crippen LogP contribution in [0.2, 0.25) is 0 Å². The van der Waals surface area contributed by atoms with E-state index >= 15 is 0 Å². The SMILES string of the molecule is Cc1cc(C)c2c(c1)C(NCc1ccccc1CO)CCCO2. The summed E-state index contributed by atoms with van der Waals surface area (Å²) in [7, 11) is 0. The van der Waals surface area contributed by atoms with E-state index in [1.807, 2.05) is 18.2 Å². The summed E-state index contributed by atoms with van der Waals surface area (Å²) in [5, 5.41) is 13.2. The van der Waals surface area contributed by atoms with Gasteiger partial charge < -0.3 is 15.2 Å². The standard InChI is InChI=1S/C20H25NO2/c1-14-10-15(2)20-18(11-14)19(8-5-9-23-20)21-12-16-6-3-4-7-17(16)13-22/h3-4,6-7,10-11,19,21-22H,5,8-9,12-13H2,1-2H3. The highest BCUT2D eigenvalue weighted by molar-refractivity contribution is 5.46. The highest BCUT2D eigenvalue weighted by Crippen LogP contribution is 2.35. The maximum atomic E-state index is 9.48. The van der Waals surface area contributed by atoms with E-state index in [2.05, 4.69) is 37.4 Å². The summed E-state index contributed by atoms with van der Waals surface area (Å²) < 4.78 is 5.98. The van der Waals surface area contributed by atoms with Crippen molar-refractivity contribution in [3.63, 3.8) is 0 Å². The molecule has 3 heteroatoms.